The number of rotatable bonds is 9. The minimum atomic E-state index is -0.0138. The number of anilines is 1. The van der Waals surface area contributed by atoms with E-state index in [0.29, 0.717) is 37.7 Å². The highest BCUT2D eigenvalue weighted by Gasteiger charge is 2.18. The van der Waals surface area contributed by atoms with E-state index < -0.39 is 0 Å². The summed E-state index contributed by atoms with van der Waals surface area (Å²) in [6, 6.07) is 5.76. The number of nitrogens with one attached hydrogen (secondary N) is 1. The Morgan fingerprint density at radius 2 is 2.11 bits per heavy atom. The number of amides is 1. The van der Waals surface area contributed by atoms with Crippen LogP contribution in [0.3, 0.4) is 0 Å². The van der Waals surface area contributed by atoms with Crippen LogP contribution in [-0.4, -0.2) is 40.2 Å². The predicted octanol–water partition coefficient (Wildman–Crippen LogP) is 2.54. The monoisotopic (exact) mass is 385 g/mol. The van der Waals surface area contributed by atoms with Gasteiger partial charge in [0.25, 0.3) is 0 Å². The lowest BCUT2D eigenvalue weighted by molar-refractivity contribution is -0.118. The fraction of sp³-hybridized carbons (Fsp3) is 0.450. The molecule has 1 aromatic carbocycles. The summed E-state index contributed by atoms with van der Waals surface area (Å²) >= 11 is 0. The van der Waals surface area contributed by atoms with Crippen molar-refractivity contribution >= 4 is 33.7 Å². The van der Waals surface area contributed by atoms with E-state index in [-0.39, 0.29) is 5.91 Å². The Kier molecular flexibility index (Phi) is 6.30. The minimum absolute atomic E-state index is 0.0138. The first-order chi connectivity index (χ1) is 13.5. The van der Waals surface area contributed by atoms with Crippen LogP contribution in [0.2, 0.25) is 0 Å². The molecule has 0 saturated carbocycles. The Labute approximate surface area is 164 Å². The predicted molar refractivity (Wildman–Crippen MR) is 109 cm³/mol. The maximum absolute atomic E-state index is 10.9. The Bertz CT molecular complexity index is 983. The topological polar surface area (TPSA) is 104 Å². The van der Waals surface area contributed by atoms with Gasteiger partial charge in [0, 0.05) is 27.1 Å². The molecule has 3 N–H and O–H groups in total. The lowest BCUT2D eigenvalue weighted by Gasteiger charge is -2.12. The largest absolute Gasteiger partial charge is 0.493 e. The van der Waals surface area contributed by atoms with Crippen molar-refractivity contribution in [2.75, 3.05) is 25.5 Å². The van der Waals surface area contributed by atoms with E-state index >= 15 is 0 Å². The summed E-state index contributed by atoms with van der Waals surface area (Å²) in [6.45, 7) is 5.70. The van der Waals surface area contributed by atoms with Crippen LogP contribution >= 0.6 is 0 Å². The molecule has 0 radical (unpaired) electrons. The zero-order valence-corrected chi connectivity index (χ0v) is 16.6. The van der Waals surface area contributed by atoms with Crippen LogP contribution in [0.5, 0.6) is 5.75 Å². The molecule has 28 heavy (non-hydrogen) atoms. The number of aromatic nitrogens is 3. The van der Waals surface area contributed by atoms with E-state index in [2.05, 4.69) is 15.3 Å². The third-order valence-corrected chi connectivity index (χ3v) is 4.55. The third kappa shape index (κ3) is 4.17. The van der Waals surface area contributed by atoms with Gasteiger partial charge in [-0.05, 0) is 31.9 Å². The first kappa shape index (κ1) is 19.9. The van der Waals surface area contributed by atoms with Gasteiger partial charge >= 0.3 is 0 Å². The van der Waals surface area contributed by atoms with Crippen molar-refractivity contribution in [3.8, 4) is 5.75 Å². The fourth-order valence-electron chi connectivity index (χ4n) is 3.16. The Morgan fingerprint density at radius 3 is 2.86 bits per heavy atom. The van der Waals surface area contributed by atoms with E-state index in [1.165, 1.54) is 6.92 Å². The lowest BCUT2D eigenvalue weighted by atomic mass is 10.1. The molecule has 0 fully saturated rings. The van der Waals surface area contributed by atoms with Gasteiger partial charge in [0.15, 0.2) is 5.82 Å². The number of ether oxygens (including phenoxy) is 2. The molecule has 2 aromatic heterocycles. The number of hydrogen-bond acceptors (Lipinski definition) is 6. The molecule has 0 aliphatic heterocycles. The van der Waals surface area contributed by atoms with E-state index in [0.717, 1.165) is 40.8 Å². The van der Waals surface area contributed by atoms with Gasteiger partial charge in [-0.3, -0.25) is 4.79 Å². The fourth-order valence-corrected chi connectivity index (χ4v) is 3.16. The first-order valence-corrected chi connectivity index (χ1v) is 9.51. The normalized spacial score (nSPS) is 11.2. The molecule has 3 rings (SSSR count). The van der Waals surface area contributed by atoms with Crippen LogP contribution in [-0.2, 0) is 23.2 Å². The highest BCUT2D eigenvalue weighted by atomic mass is 16.5. The molecular weight excluding hydrogens is 358 g/mol. The maximum Gasteiger partial charge on any atom is 0.216 e. The lowest BCUT2D eigenvalue weighted by Crippen LogP contribution is -2.21. The average Bonchev–Trinajstić information content (AvgIpc) is 3.00. The molecular formula is C20H27N5O3. The summed E-state index contributed by atoms with van der Waals surface area (Å²) in [5, 5.41) is 3.68. The third-order valence-electron chi connectivity index (χ3n) is 4.55. The van der Waals surface area contributed by atoms with Gasteiger partial charge in [0.1, 0.15) is 23.7 Å². The number of carbonyl (C=O) groups excluding carboxylic acids is 1. The maximum atomic E-state index is 10.9. The van der Waals surface area contributed by atoms with Gasteiger partial charge in [-0.2, -0.15) is 0 Å². The van der Waals surface area contributed by atoms with Gasteiger partial charge in [0.2, 0.25) is 5.91 Å². The Balaban J connectivity index is 1.89. The number of nitrogens with two attached hydrogens (primary N) is 1. The minimum Gasteiger partial charge on any atom is -0.493 e. The van der Waals surface area contributed by atoms with E-state index in [1.807, 2.05) is 36.7 Å². The number of unbranched alkanes of at least 4 members (excludes halogenated alkanes) is 1. The summed E-state index contributed by atoms with van der Waals surface area (Å²) in [6.07, 6.45) is 1.69. The van der Waals surface area contributed by atoms with Crippen molar-refractivity contribution < 1.29 is 14.3 Å². The van der Waals surface area contributed by atoms with Crippen LogP contribution in [0.1, 0.15) is 32.5 Å². The van der Waals surface area contributed by atoms with E-state index in [4.69, 9.17) is 15.2 Å². The second-order valence-electron chi connectivity index (χ2n) is 6.61. The number of hydrogen-bond donors (Lipinski definition) is 2. The molecule has 0 saturated heterocycles. The molecule has 2 heterocycles. The molecule has 0 atom stereocenters. The van der Waals surface area contributed by atoms with Crippen molar-refractivity contribution in [1.82, 2.24) is 19.9 Å². The van der Waals surface area contributed by atoms with Gasteiger partial charge in [-0.15, -0.1) is 0 Å². The van der Waals surface area contributed by atoms with Crippen LogP contribution in [0, 0.1) is 0 Å². The van der Waals surface area contributed by atoms with Crippen LogP contribution < -0.4 is 15.8 Å². The molecule has 0 spiro atoms. The molecule has 0 bridgehead atoms. The summed E-state index contributed by atoms with van der Waals surface area (Å²) in [7, 11) is 1.95. The summed E-state index contributed by atoms with van der Waals surface area (Å²) in [5.74, 6) is 1.93. The smallest absolute Gasteiger partial charge is 0.216 e. The second-order valence-corrected chi connectivity index (χ2v) is 6.61. The van der Waals surface area contributed by atoms with Gasteiger partial charge < -0.3 is 25.1 Å². The van der Waals surface area contributed by atoms with Crippen molar-refractivity contribution in [3.63, 3.8) is 0 Å². The SMILES string of the molecule is CCOCc1nc2c(N)nc3cccc(OCCCCNC(C)=O)c3c2n1C. The standard InChI is InChI=1S/C20H27N5O3/c1-4-27-12-16-24-18-19(25(16)3)17-14(23-20(18)21)8-7-9-15(17)28-11-6-5-10-22-13(2)26/h7-9H,4-6,10-12H2,1-3H3,(H2,21,23)(H,22,26). The van der Waals surface area contributed by atoms with Gasteiger partial charge in [-0.25, -0.2) is 9.97 Å². The second kappa shape index (κ2) is 8.88. The highest BCUT2D eigenvalue weighted by Crippen LogP contribution is 2.34. The number of benzene rings is 1. The molecule has 150 valence electrons. The van der Waals surface area contributed by atoms with Crippen molar-refractivity contribution in [2.24, 2.45) is 7.05 Å². The van der Waals surface area contributed by atoms with Crippen LogP contribution in [0.4, 0.5) is 5.82 Å². The van der Waals surface area contributed by atoms with Crippen molar-refractivity contribution in [3.05, 3.63) is 24.0 Å². The van der Waals surface area contributed by atoms with Crippen molar-refractivity contribution in [1.29, 1.82) is 0 Å². The van der Waals surface area contributed by atoms with Gasteiger partial charge in [-0.1, -0.05) is 6.07 Å². The Morgan fingerprint density at radius 1 is 1.29 bits per heavy atom. The zero-order chi connectivity index (χ0) is 20.1. The molecule has 1 amide bonds. The number of fused-ring (bicyclic) bond motifs is 3. The molecule has 0 unspecified atom stereocenters. The number of nitrogens with zero attached hydrogens (tertiary/aromatic N) is 3. The first-order valence-electron chi connectivity index (χ1n) is 9.51. The quantitative estimate of drug-likeness (QED) is 0.549. The summed E-state index contributed by atoms with van der Waals surface area (Å²) in [5.41, 5.74) is 8.48. The molecule has 0 aliphatic rings. The van der Waals surface area contributed by atoms with Crippen LogP contribution in [0.25, 0.3) is 21.9 Å². The summed E-state index contributed by atoms with van der Waals surface area (Å²) < 4.78 is 13.6. The highest BCUT2D eigenvalue weighted by molar-refractivity contribution is 6.09. The molecule has 8 heteroatoms. The van der Waals surface area contributed by atoms with Crippen molar-refractivity contribution in [2.45, 2.75) is 33.3 Å². The van der Waals surface area contributed by atoms with E-state index in [9.17, 15) is 4.79 Å². The molecule has 3 aromatic rings. The number of pyridine rings is 1. The number of nitrogen functional groups attached to an aromatic ring is 1. The summed E-state index contributed by atoms with van der Waals surface area (Å²) in [4.78, 5) is 20.1. The number of imidazole rings is 1. The van der Waals surface area contributed by atoms with Gasteiger partial charge in [0.05, 0.1) is 23.0 Å². The molecule has 0 aliphatic carbocycles. The average molecular weight is 385 g/mol. The number of carbonyl (C=O) groups is 1. The zero-order valence-electron chi connectivity index (χ0n) is 16.6. The Hall–Kier alpha value is -2.87. The van der Waals surface area contributed by atoms with Crippen LogP contribution in [0.15, 0.2) is 18.2 Å². The number of aryl methyl sites for hydroxylation is 1. The molecule has 8 nitrogen and oxygen atoms in total. The van der Waals surface area contributed by atoms with E-state index in [1.54, 1.807) is 0 Å².